The van der Waals surface area contributed by atoms with Crippen molar-refractivity contribution in [2.45, 2.75) is 258 Å². The van der Waals surface area contributed by atoms with E-state index in [9.17, 15) is 14.4 Å². The van der Waals surface area contributed by atoms with Gasteiger partial charge in [0.05, 0.1) is 0 Å². The highest BCUT2D eigenvalue weighted by Crippen LogP contribution is 2.14. The van der Waals surface area contributed by atoms with Crippen LogP contribution >= 0.6 is 0 Å². The van der Waals surface area contributed by atoms with Gasteiger partial charge in [-0.05, 0) is 83.5 Å². The van der Waals surface area contributed by atoms with E-state index in [0.29, 0.717) is 19.3 Å². The Morgan fingerprint density at radius 2 is 0.607 bits per heavy atom. The molecule has 0 saturated heterocycles. The van der Waals surface area contributed by atoms with Gasteiger partial charge in [0.25, 0.3) is 0 Å². The van der Waals surface area contributed by atoms with Crippen molar-refractivity contribution >= 4 is 17.9 Å². The SMILES string of the molecule is CCCCC/C=C\C/C=C\C/C=C\C/C=C\CCCC(=O)OC[C@H](COC(=O)CCCCCCCCC/C=C\CCCCCC)OC(=O)CCCCCCCCCCCCC. The fourth-order valence-electron chi connectivity index (χ4n) is 7.08. The summed E-state index contributed by atoms with van der Waals surface area (Å²) >= 11 is 0. The smallest absolute Gasteiger partial charge is 0.306 e. The number of esters is 3. The van der Waals surface area contributed by atoms with Crippen LogP contribution in [0.3, 0.4) is 0 Å². The van der Waals surface area contributed by atoms with E-state index >= 15 is 0 Å². The fraction of sp³-hybridized carbons (Fsp3) is 0.764. The number of hydrogen-bond acceptors (Lipinski definition) is 6. The molecule has 0 fully saturated rings. The average Bonchev–Trinajstić information content (AvgIpc) is 3.26. The van der Waals surface area contributed by atoms with Crippen LogP contribution in [0, 0.1) is 0 Å². The highest BCUT2D eigenvalue weighted by atomic mass is 16.6. The van der Waals surface area contributed by atoms with Crippen molar-refractivity contribution in [3.8, 4) is 0 Å². The molecule has 0 aliphatic rings. The second kappa shape index (κ2) is 49.8. The van der Waals surface area contributed by atoms with Crippen LogP contribution < -0.4 is 0 Å². The standard InChI is InChI=1S/C55H96O6/c1-4-7-10-13-16-19-22-24-26-27-29-31-34-36-39-42-45-48-54(57)60-51-52(61-55(58)49-46-43-40-37-32-21-18-15-12-9-6-3)50-59-53(56)47-44-41-38-35-33-30-28-25-23-20-17-14-11-8-5-2/h16,19-20,23-24,26,29,31,36,39,52H,4-15,17-18,21-22,25,27-28,30,32-35,37-38,40-51H2,1-3H3/b19-16-,23-20-,26-24-,31-29-,39-36-/t52-/m0/s1. The molecule has 0 aliphatic carbocycles. The quantitative estimate of drug-likeness (QED) is 0.0263. The Bertz CT molecular complexity index is 1120. The number of rotatable bonds is 46. The van der Waals surface area contributed by atoms with Gasteiger partial charge in [0.2, 0.25) is 0 Å². The van der Waals surface area contributed by atoms with Crippen LogP contribution in [0.1, 0.15) is 252 Å². The lowest BCUT2D eigenvalue weighted by Crippen LogP contribution is -2.30. The molecule has 0 unspecified atom stereocenters. The minimum Gasteiger partial charge on any atom is -0.462 e. The third-order valence-corrected chi connectivity index (χ3v) is 11.0. The second-order valence-electron chi connectivity index (χ2n) is 17.1. The number of allylic oxidation sites excluding steroid dienone is 10. The predicted molar refractivity (Wildman–Crippen MR) is 261 cm³/mol. The van der Waals surface area contributed by atoms with Gasteiger partial charge in [-0.25, -0.2) is 0 Å². The Labute approximate surface area is 377 Å². The van der Waals surface area contributed by atoms with Crippen molar-refractivity contribution in [2.24, 2.45) is 0 Å². The maximum Gasteiger partial charge on any atom is 0.306 e. The first kappa shape index (κ1) is 58.1. The summed E-state index contributed by atoms with van der Waals surface area (Å²) in [6.45, 7) is 6.54. The predicted octanol–water partition coefficient (Wildman–Crippen LogP) is 16.9. The van der Waals surface area contributed by atoms with E-state index in [2.05, 4.69) is 81.5 Å². The normalized spacial score (nSPS) is 12.5. The third-order valence-electron chi connectivity index (χ3n) is 11.0. The Balaban J connectivity index is 4.43. The number of ether oxygens (including phenoxy) is 3. The molecule has 0 heterocycles. The zero-order valence-electron chi connectivity index (χ0n) is 40.2. The Hall–Kier alpha value is -2.89. The molecule has 0 amide bonds. The molecular weight excluding hydrogens is 757 g/mol. The minimum absolute atomic E-state index is 0.0918. The zero-order chi connectivity index (χ0) is 44.4. The lowest BCUT2D eigenvalue weighted by molar-refractivity contribution is -0.167. The molecule has 0 aromatic heterocycles. The molecule has 0 spiro atoms. The monoisotopic (exact) mass is 853 g/mol. The molecule has 0 bridgehead atoms. The van der Waals surface area contributed by atoms with Crippen molar-refractivity contribution in [1.29, 1.82) is 0 Å². The van der Waals surface area contributed by atoms with E-state index in [1.165, 1.54) is 141 Å². The first-order chi connectivity index (χ1) is 30.0. The summed E-state index contributed by atoms with van der Waals surface area (Å²) in [5.74, 6) is -0.951. The summed E-state index contributed by atoms with van der Waals surface area (Å²) in [7, 11) is 0. The molecule has 6 nitrogen and oxygen atoms in total. The molecule has 0 saturated carbocycles. The lowest BCUT2D eigenvalue weighted by atomic mass is 10.1. The van der Waals surface area contributed by atoms with E-state index in [1.54, 1.807) is 0 Å². The van der Waals surface area contributed by atoms with Crippen molar-refractivity contribution < 1.29 is 28.6 Å². The van der Waals surface area contributed by atoms with Gasteiger partial charge in [-0.15, -0.1) is 0 Å². The molecule has 0 aromatic carbocycles. The molecular formula is C55H96O6. The maximum atomic E-state index is 12.8. The van der Waals surface area contributed by atoms with Crippen LogP contribution in [0.25, 0.3) is 0 Å². The first-order valence-electron chi connectivity index (χ1n) is 25.8. The molecule has 352 valence electrons. The summed E-state index contributed by atoms with van der Waals surface area (Å²) in [5.41, 5.74) is 0. The summed E-state index contributed by atoms with van der Waals surface area (Å²) in [5, 5.41) is 0. The van der Waals surface area contributed by atoms with Gasteiger partial charge in [-0.1, -0.05) is 210 Å². The molecule has 6 heteroatoms. The summed E-state index contributed by atoms with van der Waals surface area (Å²) < 4.78 is 16.7. The first-order valence-corrected chi connectivity index (χ1v) is 25.8. The van der Waals surface area contributed by atoms with E-state index in [0.717, 1.165) is 64.2 Å². The fourth-order valence-corrected chi connectivity index (χ4v) is 7.08. The second-order valence-corrected chi connectivity index (χ2v) is 17.1. The maximum absolute atomic E-state index is 12.8. The average molecular weight is 853 g/mol. The van der Waals surface area contributed by atoms with Crippen LogP contribution in [0.15, 0.2) is 60.8 Å². The highest BCUT2D eigenvalue weighted by molar-refractivity contribution is 5.71. The largest absolute Gasteiger partial charge is 0.462 e. The summed E-state index contributed by atoms with van der Waals surface area (Å²) in [4.78, 5) is 37.9. The van der Waals surface area contributed by atoms with Crippen LogP contribution in [-0.4, -0.2) is 37.2 Å². The van der Waals surface area contributed by atoms with Crippen molar-refractivity contribution in [3.63, 3.8) is 0 Å². The number of carbonyl (C=O) groups is 3. The highest BCUT2D eigenvalue weighted by Gasteiger charge is 2.19. The number of carbonyl (C=O) groups excluding carboxylic acids is 3. The Morgan fingerprint density at radius 1 is 0.328 bits per heavy atom. The van der Waals surface area contributed by atoms with Crippen molar-refractivity contribution in [1.82, 2.24) is 0 Å². The van der Waals surface area contributed by atoms with E-state index in [1.807, 2.05) is 0 Å². The van der Waals surface area contributed by atoms with Gasteiger partial charge >= 0.3 is 17.9 Å². The number of hydrogen-bond donors (Lipinski definition) is 0. The van der Waals surface area contributed by atoms with Crippen LogP contribution in [0.2, 0.25) is 0 Å². The van der Waals surface area contributed by atoms with Gasteiger partial charge in [0.1, 0.15) is 13.2 Å². The molecule has 0 radical (unpaired) electrons. The van der Waals surface area contributed by atoms with Gasteiger partial charge in [0.15, 0.2) is 6.10 Å². The van der Waals surface area contributed by atoms with Crippen molar-refractivity contribution in [2.75, 3.05) is 13.2 Å². The summed E-state index contributed by atoms with van der Waals surface area (Å²) in [6.07, 6.45) is 60.6. The van der Waals surface area contributed by atoms with Gasteiger partial charge in [0, 0.05) is 19.3 Å². The van der Waals surface area contributed by atoms with Gasteiger partial charge < -0.3 is 14.2 Å². The third kappa shape index (κ3) is 48.0. The Morgan fingerprint density at radius 3 is 1.05 bits per heavy atom. The molecule has 0 aliphatic heterocycles. The van der Waals surface area contributed by atoms with Crippen LogP contribution in [0.5, 0.6) is 0 Å². The number of unbranched alkanes of at least 4 members (excludes halogenated alkanes) is 25. The minimum atomic E-state index is -0.794. The van der Waals surface area contributed by atoms with Gasteiger partial charge in [-0.3, -0.25) is 14.4 Å². The zero-order valence-corrected chi connectivity index (χ0v) is 40.2. The van der Waals surface area contributed by atoms with E-state index in [4.69, 9.17) is 14.2 Å². The molecule has 0 N–H and O–H groups in total. The molecule has 0 aromatic rings. The Kier molecular flexibility index (Phi) is 47.4. The summed E-state index contributed by atoms with van der Waals surface area (Å²) in [6, 6.07) is 0. The lowest BCUT2D eigenvalue weighted by Gasteiger charge is -2.18. The molecule has 61 heavy (non-hydrogen) atoms. The molecule has 0 rings (SSSR count). The van der Waals surface area contributed by atoms with Gasteiger partial charge in [-0.2, -0.15) is 0 Å². The van der Waals surface area contributed by atoms with E-state index in [-0.39, 0.29) is 37.5 Å². The van der Waals surface area contributed by atoms with E-state index < -0.39 is 6.10 Å². The van der Waals surface area contributed by atoms with Crippen LogP contribution in [-0.2, 0) is 28.6 Å². The topological polar surface area (TPSA) is 78.9 Å². The van der Waals surface area contributed by atoms with Crippen LogP contribution in [0.4, 0.5) is 0 Å². The van der Waals surface area contributed by atoms with Crippen molar-refractivity contribution in [3.05, 3.63) is 60.8 Å². The molecule has 1 atom stereocenters.